The van der Waals surface area contributed by atoms with Gasteiger partial charge in [0, 0.05) is 25.7 Å². The Kier molecular flexibility index (Phi) is 3.80. The molecule has 6 N–H and O–H groups in total. The summed E-state index contributed by atoms with van der Waals surface area (Å²) in [5, 5.41) is 23.4. The summed E-state index contributed by atoms with van der Waals surface area (Å²) in [6, 6.07) is 0. The number of rotatable bonds is 5. The van der Waals surface area contributed by atoms with Crippen molar-refractivity contribution < 1.29 is 15.0 Å². The van der Waals surface area contributed by atoms with Gasteiger partial charge in [0.05, 0.1) is 6.33 Å². The van der Waals surface area contributed by atoms with Crippen LogP contribution in [0.1, 0.15) is 16.9 Å². The molecule has 0 spiro atoms. The van der Waals surface area contributed by atoms with E-state index in [4.69, 9.17) is 15.9 Å². The molecular weight excluding hydrogens is 238 g/mol. The lowest BCUT2D eigenvalue weighted by Crippen LogP contribution is -2.51. The lowest BCUT2D eigenvalue weighted by molar-refractivity contribution is 0.0931. The Morgan fingerprint density at radius 3 is 2.83 bits per heavy atom. The van der Waals surface area contributed by atoms with Gasteiger partial charge in [-0.05, 0) is 6.42 Å². The quantitative estimate of drug-likeness (QED) is 0.426. The number of carbonyl (C=O) groups excluding carboxylic acids is 1. The first kappa shape index (κ1) is 12.8. The minimum Gasteiger partial charge on any atom is -0.396 e. The number of amides is 1. The molecule has 8 nitrogen and oxygen atoms in total. The molecule has 2 rings (SSSR count). The fourth-order valence-electron chi connectivity index (χ4n) is 1.82. The van der Waals surface area contributed by atoms with Crippen molar-refractivity contribution in [3.8, 4) is 0 Å². The number of nitrogens with two attached hydrogens (primary N) is 1. The Labute approximate surface area is 104 Å². The first-order valence-corrected chi connectivity index (χ1v) is 5.75. The van der Waals surface area contributed by atoms with Crippen LogP contribution >= 0.6 is 0 Å². The lowest BCUT2D eigenvalue weighted by Gasteiger charge is -2.23. The van der Waals surface area contributed by atoms with Crippen molar-refractivity contribution in [3.05, 3.63) is 12.0 Å². The molecule has 0 aliphatic carbocycles. The summed E-state index contributed by atoms with van der Waals surface area (Å²) >= 11 is 0. The van der Waals surface area contributed by atoms with Crippen LogP contribution in [-0.4, -0.2) is 45.2 Å². The van der Waals surface area contributed by atoms with E-state index < -0.39 is 6.29 Å². The Bertz CT molecular complexity index is 429. The Morgan fingerprint density at radius 1 is 1.44 bits per heavy atom. The number of imidazole rings is 1. The average Bonchev–Trinajstić information content (AvgIpc) is 2.74. The van der Waals surface area contributed by atoms with Gasteiger partial charge in [-0.25, -0.2) is 4.98 Å². The zero-order valence-electron chi connectivity index (χ0n) is 9.83. The molecule has 1 aliphatic rings. The highest BCUT2D eigenvalue weighted by Gasteiger charge is 2.25. The Hall–Kier alpha value is -1.64. The normalized spacial score (nSPS) is 18.4. The number of anilines is 1. The van der Waals surface area contributed by atoms with Gasteiger partial charge in [0.2, 0.25) is 0 Å². The number of hydrogen-bond donors (Lipinski definition) is 5. The van der Waals surface area contributed by atoms with E-state index in [0.717, 1.165) is 0 Å². The van der Waals surface area contributed by atoms with Crippen molar-refractivity contribution in [2.45, 2.75) is 19.3 Å². The van der Waals surface area contributed by atoms with Crippen molar-refractivity contribution in [3.63, 3.8) is 0 Å². The molecule has 0 bridgehead atoms. The summed E-state index contributed by atoms with van der Waals surface area (Å²) in [6.07, 6.45) is 1.50. The smallest absolute Gasteiger partial charge is 0.276 e. The summed E-state index contributed by atoms with van der Waals surface area (Å²) in [5.41, 5.74) is 5.92. The van der Waals surface area contributed by atoms with Crippen molar-refractivity contribution in [2.75, 3.05) is 18.5 Å². The molecule has 1 amide bonds. The third-order valence-corrected chi connectivity index (χ3v) is 2.93. The molecule has 1 unspecified atom stereocenters. The van der Waals surface area contributed by atoms with Crippen LogP contribution in [0.3, 0.4) is 0 Å². The van der Waals surface area contributed by atoms with Crippen LogP contribution in [0.15, 0.2) is 6.33 Å². The van der Waals surface area contributed by atoms with E-state index in [9.17, 15) is 4.79 Å². The van der Waals surface area contributed by atoms with Crippen LogP contribution in [0.4, 0.5) is 5.82 Å². The minimum absolute atomic E-state index is 0.0686. The first-order valence-electron chi connectivity index (χ1n) is 5.75. The summed E-state index contributed by atoms with van der Waals surface area (Å²) in [6.45, 7) is 0.406. The molecule has 1 aliphatic heterocycles. The van der Waals surface area contributed by atoms with Crippen LogP contribution in [0.5, 0.6) is 0 Å². The third kappa shape index (κ3) is 2.45. The zero-order valence-corrected chi connectivity index (χ0v) is 9.83. The number of aryl methyl sites for hydroxylation is 1. The molecule has 18 heavy (non-hydrogen) atoms. The maximum Gasteiger partial charge on any atom is 0.276 e. The van der Waals surface area contributed by atoms with Gasteiger partial charge in [-0.3, -0.25) is 10.5 Å². The molecular formula is C10H17N5O3. The monoisotopic (exact) mass is 255 g/mol. The van der Waals surface area contributed by atoms with Crippen molar-refractivity contribution >= 4 is 11.7 Å². The number of aliphatic hydroxyl groups excluding tert-OH is 2. The van der Waals surface area contributed by atoms with Crippen LogP contribution in [0, 0.1) is 5.92 Å². The topological polar surface area (TPSA) is 125 Å². The second kappa shape index (κ2) is 5.34. The van der Waals surface area contributed by atoms with Gasteiger partial charge in [0.25, 0.3) is 5.91 Å². The molecule has 0 aromatic carbocycles. The average molecular weight is 255 g/mol. The molecule has 2 heterocycles. The Morgan fingerprint density at radius 2 is 2.17 bits per heavy atom. The van der Waals surface area contributed by atoms with E-state index in [-0.39, 0.29) is 25.0 Å². The van der Waals surface area contributed by atoms with Crippen molar-refractivity contribution in [1.82, 2.24) is 14.9 Å². The zero-order chi connectivity index (χ0) is 13.1. The van der Waals surface area contributed by atoms with E-state index in [1.165, 1.54) is 0 Å². The molecule has 0 radical (unpaired) electrons. The van der Waals surface area contributed by atoms with Crippen LogP contribution < -0.4 is 16.4 Å². The van der Waals surface area contributed by atoms with Gasteiger partial charge in [-0.2, -0.15) is 0 Å². The predicted octanol–water partition coefficient (Wildman–Crippen LogP) is -1.73. The van der Waals surface area contributed by atoms with Crippen LogP contribution in [0.25, 0.3) is 0 Å². The van der Waals surface area contributed by atoms with E-state index in [1.807, 2.05) is 0 Å². The number of aliphatic hydroxyl groups is 2. The van der Waals surface area contributed by atoms with Crippen molar-refractivity contribution in [2.24, 2.45) is 11.7 Å². The van der Waals surface area contributed by atoms with Crippen LogP contribution in [-0.2, 0) is 6.54 Å². The van der Waals surface area contributed by atoms with Gasteiger partial charge >= 0.3 is 0 Å². The fraction of sp³-hybridized carbons (Fsp3) is 0.600. The molecule has 8 heteroatoms. The maximum absolute atomic E-state index is 11.6. The Balaban J connectivity index is 2.09. The summed E-state index contributed by atoms with van der Waals surface area (Å²) < 4.78 is 1.76. The third-order valence-electron chi connectivity index (χ3n) is 2.93. The second-order valence-corrected chi connectivity index (χ2v) is 4.25. The number of aromatic nitrogens is 2. The fourth-order valence-corrected chi connectivity index (χ4v) is 1.82. The van der Waals surface area contributed by atoms with Gasteiger partial charge in [0.1, 0.15) is 5.82 Å². The molecule has 1 aromatic heterocycles. The molecule has 100 valence electrons. The highest BCUT2D eigenvalue weighted by Crippen LogP contribution is 2.19. The summed E-state index contributed by atoms with van der Waals surface area (Å²) in [4.78, 5) is 15.6. The van der Waals surface area contributed by atoms with Gasteiger partial charge < -0.3 is 25.4 Å². The predicted molar refractivity (Wildman–Crippen MR) is 63.6 cm³/mol. The molecule has 0 fully saturated rings. The minimum atomic E-state index is -0.632. The van der Waals surface area contributed by atoms with E-state index in [2.05, 4.69) is 15.6 Å². The van der Waals surface area contributed by atoms with E-state index in [1.54, 1.807) is 10.9 Å². The molecule has 1 atom stereocenters. The standard InChI is InChI=1S/C10H17N5O3/c11-10-13-8-7(9(18)14-10)12-5-15(8)2-1-6(3-16)4-17/h5-6,10,13,16-17H,1-4,11H2,(H,14,18). The second-order valence-electron chi connectivity index (χ2n) is 4.25. The number of carbonyl (C=O) groups is 1. The maximum atomic E-state index is 11.6. The van der Waals surface area contributed by atoms with E-state index >= 15 is 0 Å². The van der Waals surface area contributed by atoms with Crippen LogP contribution in [0.2, 0.25) is 0 Å². The molecule has 1 aromatic rings. The molecule has 0 saturated carbocycles. The number of hydrogen-bond acceptors (Lipinski definition) is 6. The largest absolute Gasteiger partial charge is 0.396 e. The SMILES string of the molecule is NC1NC(=O)c2ncn(CCC(CO)CO)c2N1. The van der Waals surface area contributed by atoms with Gasteiger partial charge in [-0.1, -0.05) is 0 Å². The highest BCUT2D eigenvalue weighted by molar-refractivity contribution is 5.98. The number of nitrogens with one attached hydrogen (secondary N) is 2. The lowest BCUT2D eigenvalue weighted by atomic mass is 10.1. The van der Waals surface area contributed by atoms with E-state index in [0.29, 0.717) is 24.5 Å². The summed E-state index contributed by atoms with van der Waals surface area (Å²) in [7, 11) is 0. The van der Waals surface area contributed by atoms with Crippen molar-refractivity contribution in [1.29, 1.82) is 0 Å². The van der Waals surface area contributed by atoms with Gasteiger partial charge in [-0.15, -0.1) is 0 Å². The number of fused-ring (bicyclic) bond motifs is 1. The number of nitrogens with zero attached hydrogens (tertiary/aromatic N) is 2. The summed E-state index contributed by atoms with van der Waals surface area (Å²) in [5.74, 6) is 0.0888. The first-order chi connectivity index (χ1) is 8.65. The highest BCUT2D eigenvalue weighted by atomic mass is 16.3. The molecule has 0 saturated heterocycles. The van der Waals surface area contributed by atoms with Gasteiger partial charge in [0.15, 0.2) is 12.0 Å².